The van der Waals surface area contributed by atoms with Gasteiger partial charge in [-0.1, -0.05) is 12.1 Å². The Balaban J connectivity index is 1.58. The summed E-state index contributed by atoms with van der Waals surface area (Å²) in [6, 6.07) is 9.31. The number of rotatable bonds is 5. The van der Waals surface area contributed by atoms with Crippen LogP contribution in [-0.2, 0) is 6.42 Å². The van der Waals surface area contributed by atoms with Gasteiger partial charge in [0.05, 0.1) is 0 Å². The van der Waals surface area contributed by atoms with Crippen molar-refractivity contribution in [1.29, 1.82) is 0 Å². The lowest BCUT2D eigenvalue weighted by Crippen LogP contribution is -2.29. The maximum Gasteiger partial charge on any atom is 0.251 e. The summed E-state index contributed by atoms with van der Waals surface area (Å²) < 4.78 is 0. The summed E-state index contributed by atoms with van der Waals surface area (Å²) in [5.41, 5.74) is 2.40. The van der Waals surface area contributed by atoms with Crippen molar-refractivity contribution in [1.82, 2.24) is 20.6 Å². The van der Waals surface area contributed by atoms with Crippen molar-refractivity contribution in [3.63, 3.8) is 0 Å². The fraction of sp³-hybridized carbons (Fsp3) is 0.421. The first-order valence-electron chi connectivity index (χ1n) is 8.77. The molecule has 1 atom stereocenters. The van der Waals surface area contributed by atoms with Crippen LogP contribution in [0.2, 0.25) is 0 Å². The monoisotopic (exact) mass is 340 g/mol. The maximum absolute atomic E-state index is 12.4. The standard InChI is InChI=1S/C19H24N4O2/c1-13-10-18(24)23-17(22-13)7-9-21-19(25)15-5-2-4-14(11-15)16-6-3-8-20-12-16/h2,4-5,10-11,16,20H,3,6-9,12H2,1H3,(H,21,25)(H,22,23,24). The molecule has 132 valence electrons. The summed E-state index contributed by atoms with van der Waals surface area (Å²) in [6.45, 7) is 4.26. The first-order valence-corrected chi connectivity index (χ1v) is 8.77. The molecule has 2 aromatic rings. The van der Waals surface area contributed by atoms with E-state index in [2.05, 4.69) is 26.7 Å². The molecule has 0 spiro atoms. The lowest BCUT2D eigenvalue weighted by atomic mass is 9.90. The minimum Gasteiger partial charge on any atom is -0.352 e. The van der Waals surface area contributed by atoms with E-state index in [1.807, 2.05) is 18.2 Å². The predicted molar refractivity (Wildman–Crippen MR) is 96.9 cm³/mol. The average Bonchev–Trinajstić information content (AvgIpc) is 2.62. The number of carbonyl (C=O) groups is 1. The summed E-state index contributed by atoms with van der Waals surface area (Å²) in [7, 11) is 0. The van der Waals surface area contributed by atoms with Gasteiger partial charge in [0.25, 0.3) is 11.5 Å². The number of aromatic amines is 1. The molecular weight excluding hydrogens is 316 g/mol. The van der Waals surface area contributed by atoms with Crippen molar-refractivity contribution >= 4 is 5.91 Å². The van der Waals surface area contributed by atoms with Gasteiger partial charge in [-0.2, -0.15) is 0 Å². The van der Waals surface area contributed by atoms with E-state index < -0.39 is 0 Å². The second kappa shape index (κ2) is 8.07. The topological polar surface area (TPSA) is 86.9 Å². The van der Waals surface area contributed by atoms with Gasteiger partial charge in [0.1, 0.15) is 5.82 Å². The Morgan fingerprint density at radius 2 is 2.24 bits per heavy atom. The number of hydrogen-bond acceptors (Lipinski definition) is 4. The van der Waals surface area contributed by atoms with Gasteiger partial charge in [-0.25, -0.2) is 4.98 Å². The lowest BCUT2D eigenvalue weighted by molar-refractivity contribution is 0.0954. The van der Waals surface area contributed by atoms with Crippen LogP contribution in [0.15, 0.2) is 35.1 Å². The normalized spacial score (nSPS) is 17.2. The van der Waals surface area contributed by atoms with Crippen LogP contribution in [0.1, 0.15) is 46.2 Å². The van der Waals surface area contributed by atoms with Gasteiger partial charge >= 0.3 is 0 Å². The predicted octanol–water partition coefficient (Wildman–Crippen LogP) is 1.52. The second-order valence-corrected chi connectivity index (χ2v) is 6.51. The summed E-state index contributed by atoms with van der Waals surface area (Å²) in [4.78, 5) is 30.8. The van der Waals surface area contributed by atoms with Crippen LogP contribution in [-0.4, -0.2) is 35.5 Å². The third kappa shape index (κ3) is 4.76. The van der Waals surface area contributed by atoms with E-state index >= 15 is 0 Å². The van der Waals surface area contributed by atoms with E-state index in [0.717, 1.165) is 19.5 Å². The molecule has 1 aromatic carbocycles. The Morgan fingerprint density at radius 1 is 1.36 bits per heavy atom. The van der Waals surface area contributed by atoms with Crippen LogP contribution in [0.3, 0.4) is 0 Å². The number of piperidine rings is 1. The van der Waals surface area contributed by atoms with E-state index in [1.54, 1.807) is 6.92 Å². The quantitative estimate of drug-likeness (QED) is 0.770. The van der Waals surface area contributed by atoms with E-state index in [1.165, 1.54) is 18.1 Å². The minimum atomic E-state index is -0.164. The largest absolute Gasteiger partial charge is 0.352 e. The van der Waals surface area contributed by atoms with Gasteiger partial charge in [-0.05, 0) is 49.9 Å². The van der Waals surface area contributed by atoms with Gasteiger partial charge < -0.3 is 15.6 Å². The van der Waals surface area contributed by atoms with Gasteiger partial charge in [-0.3, -0.25) is 9.59 Å². The number of benzene rings is 1. The molecule has 1 fully saturated rings. The smallest absolute Gasteiger partial charge is 0.251 e. The molecule has 1 unspecified atom stereocenters. The molecule has 25 heavy (non-hydrogen) atoms. The highest BCUT2D eigenvalue weighted by atomic mass is 16.1. The molecule has 6 heteroatoms. The minimum absolute atomic E-state index is 0.0966. The van der Waals surface area contributed by atoms with Crippen LogP contribution in [0.25, 0.3) is 0 Å². The highest BCUT2D eigenvalue weighted by molar-refractivity contribution is 5.94. The SMILES string of the molecule is Cc1cc(=O)[nH]c(CCNC(=O)c2cccc(C3CCCNC3)c2)n1. The molecule has 1 saturated heterocycles. The van der Waals surface area contributed by atoms with Crippen molar-refractivity contribution in [2.45, 2.75) is 32.1 Å². The maximum atomic E-state index is 12.4. The van der Waals surface area contributed by atoms with Crippen LogP contribution < -0.4 is 16.2 Å². The molecule has 6 nitrogen and oxygen atoms in total. The van der Waals surface area contributed by atoms with Crippen molar-refractivity contribution < 1.29 is 4.79 Å². The van der Waals surface area contributed by atoms with Crippen molar-refractivity contribution in [3.05, 3.63) is 63.3 Å². The summed E-state index contributed by atoms with van der Waals surface area (Å²) >= 11 is 0. The number of amides is 1. The number of H-pyrrole nitrogens is 1. The number of carbonyl (C=O) groups excluding carboxylic acids is 1. The van der Waals surface area contributed by atoms with Crippen LogP contribution in [0, 0.1) is 6.92 Å². The van der Waals surface area contributed by atoms with Gasteiger partial charge in [0, 0.05) is 36.8 Å². The third-order valence-corrected chi connectivity index (χ3v) is 4.48. The Kier molecular flexibility index (Phi) is 5.60. The molecule has 3 rings (SSSR count). The van der Waals surface area contributed by atoms with Crippen LogP contribution >= 0.6 is 0 Å². The Morgan fingerprint density at radius 3 is 3.00 bits per heavy atom. The van der Waals surface area contributed by atoms with Crippen molar-refractivity contribution in [2.24, 2.45) is 0 Å². The number of nitrogens with one attached hydrogen (secondary N) is 3. The molecule has 0 saturated carbocycles. The molecule has 1 aliphatic heterocycles. The molecule has 1 amide bonds. The Bertz CT molecular complexity index is 794. The van der Waals surface area contributed by atoms with E-state index in [4.69, 9.17) is 0 Å². The average molecular weight is 340 g/mol. The Hall–Kier alpha value is -2.47. The van der Waals surface area contributed by atoms with Gasteiger partial charge in [-0.15, -0.1) is 0 Å². The van der Waals surface area contributed by atoms with Crippen LogP contribution in [0.4, 0.5) is 0 Å². The summed E-state index contributed by atoms with van der Waals surface area (Å²) in [6.07, 6.45) is 2.82. The van der Waals surface area contributed by atoms with E-state index in [9.17, 15) is 9.59 Å². The van der Waals surface area contributed by atoms with E-state index in [0.29, 0.717) is 36.0 Å². The van der Waals surface area contributed by atoms with E-state index in [-0.39, 0.29) is 11.5 Å². The highest BCUT2D eigenvalue weighted by Crippen LogP contribution is 2.23. The lowest BCUT2D eigenvalue weighted by Gasteiger charge is -2.23. The molecule has 1 aliphatic rings. The molecule has 0 radical (unpaired) electrons. The Labute approximate surface area is 147 Å². The molecule has 1 aromatic heterocycles. The zero-order valence-electron chi connectivity index (χ0n) is 14.5. The first kappa shape index (κ1) is 17.4. The summed E-state index contributed by atoms with van der Waals surface area (Å²) in [5.74, 6) is 0.969. The zero-order chi connectivity index (χ0) is 17.6. The number of aromatic nitrogens is 2. The fourth-order valence-electron chi connectivity index (χ4n) is 3.23. The zero-order valence-corrected chi connectivity index (χ0v) is 14.5. The second-order valence-electron chi connectivity index (χ2n) is 6.51. The van der Waals surface area contributed by atoms with Gasteiger partial charge in [0.15, 0.2) is 0 Å². The highest BCUT2D eigenvalue weighted by Gasteiger charge is 2.16. The summed E-state index contributed by atoms with van der Waals surface area (Å²) in [5, 5.41) is 6.31. The number of hydrogen-bond donors (Lipinski definition) is 3. The fourth-order valence-corrected chi connectivity index (χ4v) is 3.23. The molecule has 3 N–H and O–H groups in total. The number of nitrogens with zero attached hydrogens (tertiary/aromatic N) is 1. The number of aryl methyl sites for hydroxylation is 1. The molecule has 2 heterocycles. The van der Waals surface area contributed by atoms with Crippen molar-refractivity contribution in [2.75, 3.05) is 19.6 Å². The molecule has 0 aliphatic carbocycles. The molecular formula is C19H24N4O2. The molecule has 0 bridgehead atoms. The van der Waals surface area contributed by atoms with Crippen molar-refractivity contribution in [3.8, 4) is 0 Å². The van der Waals surface area contributed by atoms with Gasteiger partial charge in [0.2, 0.25) is 0 Å². The third-order valence-electron chi connectivity index (χ3n) is 4.48. The first-order chi connectivity index (χ1) is 12.1. The van der Waals surface area contributed by atoms with Crippen LogP contribution in [0.5, 0.6) is 0 Å².